The van der Waals surface area contributed by atoms with Gasteiger partial charge in [0.15, 0.2) is 0 Å². The van der Waals surface area contributed by atoms with Crippen LogP contribution in [0.2, 0.25) is 0 Å². The molecule has 0 radical (unpaired) electrons. The first-order valence-electron chi connectivity index (χ1n) is 10.1. The number of rotatable bonds is 4. The van der Waals surface area contributed by atoms with Gasteiger partial charge >= 0.3 is 6.09 Å². The molecular formula is C20H31N5O3. The van der Waals surface area contributed by atoms with Gasteiger partial charge in [0.25, 0.3) is 0 Å². The van der Waals surface area contributed by atoms with Crippen LogP contribution in [0.4, 0.5) is 10.7 Å². The van der Waals surface area contributed by atoms with E-state index in [1.54, 1.807) is 18.5 Å². The standard InChI is InChI=1S/C20H31N5O3/c1-20(2,3)28-19(27)23-13-16-8-5-12-25(16)17(26)15-7-4-11-24(14-15)18-21-9-6-10-22-18/h6,9-10,15-16H,4-5,7-8,11-14H2,1-3H3,(H,23,27). The number of likely N-dealkylation sites (tertiary alicyclic amines) is 1. The fourth-order valence-corrected chi connectivity index (χ4v) is 3.90. The van der Waals surface area contributed by atoms with Crippen LogP contribution in [-0.2, 0) is 9.53 Å². The van der Waals surface area contributed by atoms with Crippen molar-refractivity contribution in [2.24, 2.45) is 5.92 Å². The number of nitrogens with zero attached hydrogens (tertiary/aromatic N) is 4. The van der Waals surface area contributed by atoms with Crippen molar-refractivity contribution in [1.29, 1.82) is 0 Å². The van der Waals surface area contributed by atoms with Gasteiger partial charge in [-0.1, -0.05) is 0 Å². The Kier molecular flexibility index (Phi) is 6.36. The van der Waals surface area contributed by atoms with Gasteiger partial charge in [-0.15, -0.1) is 0 Å². The van der Waals surface area contributed by atoms with Crippen molar-refractivity contribution in [3.8, 4) is 0 Å². The molecule has 0 saturated carbocycles. The SMILES string of the molecule is CC(C)(C)OC(=O)NCC1CCCN1C(=O)C1CCCN(c2ncccn2)C1. The van der Waals surface area contributed by atoms with E-state index in [2.05, 4.69) is 20.2 Å². The average Bonchev–Trinajstić information content (AvgIpc) is 3.14. The Morgan fingerprint density at radius 1 is 1.18 bits per heavy atom. The van der Waals surface area contributed by atoms with Crippen LogP contribution in [0.3, 0.4) is 0 Å². The van der Waals surface area contributed by atoms with Crippen LogP contribution in [0.25, 0.3) is 0 Å². The van der Waals surface area contributed by atoms with Crippen LogP contribution in [0.15, 0.2) is 18.5 Å². The minimum absolute atomic E-state index is 0.0309. The maximum atomic E-state index is 13.2. The number of hydrogen-bond acceptors (Lipinski definition) is 6. The van der Waals surface area contributed by atoms with E-state index in [9.17, 15) is 9.59 Å². The molecule has 1 aromatic heterocycles. The molecule has 3 heterocycles. The number of nitrogens with one attached hydrogen (secondary N) is 1. The molecule has 2 atom stereocenters. The quantitative estimate of drug-likeness (QED) is 0.849. The summed E-state index contributed by atoms with van der Waals surface area (Å²) < 4.78 is 5.30. The van der Waals surface area contributed by atoms with Crippen LogP contribution in [0, 0.1) is 5.92 Å². The minimum Gasteiger partial charge on any atom is -0.444 e. The normalized spacial score (nSPS) is 22.8. The van der Waals surface area contributed by atoms with E-state index in [0.717, 1.165) is 38.8 Å². The molecule has 1 N–H and O–H groups in total. The molecule has 8 nitrogen and oxygen atoms in total. The minimum atomic E-state index is -0.527. The first kappa shape index (κ1) is 20.4. The van der Waals surface area contributed by atoms with Crippen molar-refractivity contribution in [3.05, 3.63) is 18.5 Å². The van der Waals surface area contributed by atoms with Crippen LogP contribution >= 0.6 is 0 Å². The predicted octanol–water partition coefficient (Wildman–Crippen LogP) is 2.21. The molecule has 2 aliphatic rings. The van der Waals surface area contributed by atoms with Gasteiger partial charge in [0.2, 0.25) is 11.9 Å². The van der Waals surface area contributed by atoms with Gasteiger partial charge in [0.05, 0.1) is 5.92 Å². The highest BCUT2D eigenvalue weighted by Gasteiger charge is 2.35. The van der Waals surface area contributed by atoms with Crippen molar-refractivity contribution in [3.63, 3.8) is 0 Å². The number of amides is 2. The zero-order valence-electron chi connectivity index (χ0n) is 17.1. The average molecular weight is 390 g/mol. The van der Waals surface area contributed by atoms with Crippen LogP contribution in [-0.4, -0.2) is 64.7 Å². The number of carbonyl (C=O) groups is 2. The third-order valence-corrected chi connectivity index (χ3v) is 5.15. The topological polar surface area (TPSA) is 87.7 Å². The molecule has 0 bridgehead atoms. The van der Waals surface area contributed by atoms with Gasteiger partial charge in [-0.25, -0.2) is 14.8 Å². The van der Waals surface area contributed by atoms with E-state index < -0.39 is 11.7 Å². The molecule has 2 fully saturated rings. The predicted molar refractivity (Wildman–Crippen MR) is 106 cm³/mol. The molecule has 1 aromatic rings. The lowest BCUT2D eigenvalue weighted by molar-refractivity contribution is -0.136. The van der Waals surface area contributed by atoms with Crippen molar-refractivity contribution < 1.29 is 14.3 Å². The molecule has 3 rings (SSSR count). The Morgan fingerprint density at radius 3 is 2.61 bits per heavy atom. The van der Waals surface area contributed by atoms with Gasteiger partial charge in [-0.05, 0) is 52.5 Å². The second-order valence-electron chi connectivity index (χ2n) is 8.54. The Balaban J connectivity index is 1.56. The molecule has 0 aromatic carbocycles. The Labute approximate surface area is 166 Å². The second kappa shape index (κ2) is 8.75. The highest BCUT2D eigenvalue weighted by molar-refractivity contribution is 5.80. The van der Waals surface area contributed by atoms with Crippen LogP contribution in [0.1, 0.15) is 46.5 Å². The number of anilines is 1. The number of aromatic nitrogens is 2. The number of hydrogen-bond donors (Lipinski definition) is 1. The summed E-state index contributed by atoms with van der Waals surface area (Å²) in [7, 11) is 0. The molecule has 2 unspecified atom stereocenters. The zero-order valence-corrected chi connectivity index (χ0v) is 17.1. The fraction of sp³-hybridized carbons (Fsp3) is 0.700. The van der Waals surface area contributed by atoms with Gasteiger partial charge < -0.3 is 19.9 Å². The first-order chi connectivity index (χ1) is 13.3. The van der Waals surface area contributed by atoms with E-state index in [4.69, 9.17) is 4.74 Å². The number of carbonyl (C=O) groups excluding carboxylic acids is 2. The maximum Gasteiger partial charge on any atom is 0.407 e. The molecule has 8 heteroatoms. The van der Waals surface area contributed by atoms with E-state index in [0.29, 0.717) is 19.0 Å². The molecule has 0 aliphatic carbocycles. The monoisotopic (exact) mass is 389 g/mol. The number of piperidine rings is 1. The lowest BCUT2D eigenvalue weighted by Crippen LogP contribution is -2.49. The van der Waals surface area contributed by atoms with Gasteiger partial charge in [0.1, 0.15) is 5.60 Å². The zero-order chi connectivity index (χ0) is 20.1. The summed E-state index contributed by atoms with van der Waals surface area (Å²) in [6.07, 6.45) is 6.72. The third-order valence-electron chi connectivity index (χ3n) is 5.15. The molecular weight excluding hydrogens is 358 g/mol. The van der Waals surface area contributed by atoms with Gasteiger partial charge in [-0.3, -0.25) is 4.79 Å². The Bertz CT molecular complexity index is 676. The van der Waals surface area contributed by atoms with Crippen LogP contribution in [0.5, 0.6) is 0 Å². The smallest absolute Gasteiger partial charge is 0.407 e. The molecule has 2 amide bonds. The summed E-state index contributed by atoms with van der Waals surface area (Å²) in [4.78, 5) is 37.8. The lowest BCUT2D eigenvalue weighted by atomic mass is 9.96. The van der Waals surface area contributed by atoms with Crippen molar-refractivity contribution in [1.82, 2.24) is 20.2 Å². The highest BCUT2D eigenvalue weighted by atomic mass is 16.6. The van der Waals surface area contributed by atoms with E-state index in [-0.39, 0.29) is 17.9 Å². The summed E-state index contributed by atoms with van der Waals surface area (Å²) in [6, 6.07) is 1.83. The molecule has 2 saturated heterocycles. The molecule has 28 heavy (non-hydrogen) atoms. The van der Waals surface area contributed by atoms with Crippen molar-refractivity contribution >= 4 is 17.9 Å². The lowest BCUT2D eigenvalue weighted by Gasteiger charge is -2.35. The summed E-state index contributed by atoms with van der Waals surface area (Å²) >= 11 is 0. The third kappa shape index (κ3) is 5.33. The van der Waals surface area contributed by atoms with Crippen LogP contribution < -0.4 is 10.2 Å². The van der Waals surface area contributed by atoms with Crippen molar-refractivity contribution in [2.75, 3.05) is 31.1 Å². The highest BCUT2D eigenvalue weighted by Crippen LogP contribution is 2.26. The van der Waals surface area contributed by atoms with E-state index in [1.165, 1.54) is 0 Å². The molecule has 154 valence electrons. The number of alkyl carbamates (subject to hydrolysis) is 1. The van der Waals surface area contributed by atoms with E-state index in [1.807, 2.05) is 25.7 Å². The molecule has 2 aliphatic heterocycles. The number of ether oxygens (including phenoxy) is 1. The summed E-state index contributed by atoms with van der Waals surface area (Å²) in [5, 5.41) is 2.82. The summed E-state index contributed by atoms with van der Waals surface area (Å²) in [5.74, 6) is 0.804. The largest absolute Gasteiger partial charge is 0.444 e. The van der Waals surface area contributed by atoms with Gasteiger partial charge in [0, 0.05) is 44.6 Å². The molecule has 0 spiro atoms. The Hall–Kier alpha value is -2.38. The fourth-order valence-electron chi connectivity index (χ4n) is 3.90. The Morgan fingerprint density at radius 2 is 1.89 bits per heavy atom. The summed E-state index contributed by atoms with van der Waals surface area (Å²) in [5.41, 5.74) is -0.527. The van der Waals surface area contributed by atoms with Crippen molar-refractivity contribution in [2.45, 2.75) is 58.1 Å². The van der Waals surface area contributed by atoms with Gasteiger partial charge in [-0.2, -0.15) is 0 Å². The van der Waals surface area contributed by atoms with E-state index >= 15 is 0 Å². The summed E-state index contributed by atoms with van der Waals surface area (Å²) in [6.45, 7) is 8.20. The first-order valence-corrected chi connectivity index (χ1v) is 10.1. The second-order valence-corrected chi connectivity index (χ2v) is 8.54. The maximum absolute atomic E-state index is 13.2.